The predicted molar refractivity (Wildman–Crippen MR) is 165 cm³/mol. The number of esters is 2. The van der Waals surface area contributed by atoms with Crippen LogP contribution >= 0.6 is 0 Å². The summed E-state index contributed by atoms with van der Waals surface area (Å²) in [5.74, 6) is -5.72. The normalized spacial score (nSPS) is 13.0. The number of aromatic nitrogens is 1. The first-order valence-electron chi connectivity index (χ1n) is 14.5. The van der Waals surface area contributed by atoms with Crippen molar-refractivity contribution in [3.63, 3.8) is 0 Å². The van der Waals surface area contributed by atoms with Crippen molar-refractivity contribution in [2.45, 2.75) is 65.9 Å². The summed E-state index contributed by atoms with van der Waals surface area (Å²) in [5.41, 5.74) is -2.59. The predicted octanol–water partition coefficient (Wildman–Crippen LogP) is 4.43. The molecule has 2 atom stereocenters. The molecular weight excluding hydrogens is 562 g/mol. The molecule has 0 saturated heterocycles. The fourth-order valence-electron chi connectivity index (χ4n) is 4.53. The Bertz CT molecular complexity index is 1340. The monoisotopic (exact) mass is 603 g/mol. The summed E-state index contributed by atoms with van der Waals surface area (Å²) in [4.78, 5) is 58.8. The van der Waals surface area contributed by atoms with Gasteiger partial charge < -0.3 is 25.2 Å². The van der Waals surface area contributed by atoms with Gasteiger partial charge in [0.15, 0.2) is 0 Å². The Morgan fingerprint density at radius 2 is 1.27 bits per heavy atom. The zero-order valence-corrected chi connectivity index (χ0v) is 25.8. The van der Waals surface area contributed by atoms with Gasteiger partial charge in [0.25, 0.3) is 5.60 Å². The summed E-state index contributed by atoms with van der Waals surface area (Å²) in [7, 11) is 0. The Kier molecular flexibility index (Phi) is 11.8. The van der Waals surface area contributed by atoms with E-state index in [4.69, 9.17) is 9.47 Å². The minimum atomic E-state index is -3.02. The number of aliphatic hydroxyl groups is 1. The van der Waals surface area contributed by atoms with Crippen LogP contribution in [0.3, 0.4) is 0 Å². The largest absolute Gasteiger partial charge is 0.458 e. The van der Waals surface area contributed by atoms with Crippen LogP contribution in [0.2, 0.25) is 0 Å². The van der Waals surface area contributed by atoms with Crippen LogP contribution in [0.1, 0.15) is 52.2 Å². The molecule has 0 radical (unpaired) electrons. The molecule has 0 aliphatic rings. The maximum Gasteiger partial charge on any atom is 0.351 e. The number of anilines is 1. The minimum absolute atomic E-state index is 0.0953. The van der Waals surface area contributed by atoms with E-state index in [1.54, 1.807) is 113 Å². The molecule has 10 heteroatoms. The molecule has 2 aromatic carbocycles. The third-order valence-corrected chi connectivity index (χ3v) is 6.91. The number of benzene rings is 2. The molecule has 2 amide bonds. The van der Waals surface area contributed by atoms with Crippen molar-refractivity contribution in [1.82, 2.24) is 10.3 Å². The van der Waals surface area contributed by atoms with Crippen molar-refractivity contribution in [3.05, 3.63) is 96.2 Å². The van der Waals surface area contributed by atoms with Gasteiger partial charge in [-0.1, -0.05) is 101 Å². The van der Waals surface area contributed by atoms with Gasteiger partial charge in [0.1, 0.15) is 25.1 Å². The molecule has 0 spiro atoms. The second-order valence-electron chi connectivity index (χ2n) is 12.1. The Balaban J connectivity index is 1.95. The minimum Gasteiger partial charge on any atom is -0.458 e. The van der Waals surface area contributed by atoms with Crippen molar-refractivity contribution in [2.24, 2.45) is 17.3 Å². The first kappa shape index (κ1) is 33.9. The van der Waals surface area contributed by atoms with Crippen molar-refractivity contribution < 1.29 is 33.8 Å². The van der Waals surface area contributed by atoms with Gasteiger partial charge >= 0.3 is 11.9 Å². The molecule has 1 unspecified atom stereocenters. The highest BCUT2D eigenvalue weighted by molar-refractivity contribution is 6.08. The van der Waals surface area contributed by atoms with Crippen LogP contribution in [-0.4, -0.2) is 45.5 Å². The number of carbonyl (C=O) groups excluding carboxylic acids is 4. The van der Waals surface area contributed by atoms with E-state index in [9.17, 15) is 24.3 Å². The van der Waals surface area contributed by atoms with Crippen molar-refractivity contribution in [2.75, 3.05) is 5.32 Å². The van der Waals surface area contributed by atoms with Crippen molar-refractivity contribution in [1.29, 1.82) is 0 Å². The second-order valence-corrected chi connectivity index (χ2v) is 12.1. The molecule has 3 rings (SSSR count). The lowest BCUT2D eigenvalue weighted by molar-refractivity contribution is -0.195. The molecule has 3 aromatic rings. The van der Waals surface area contributed by atoms with Crippen LogP contribution < -0.4 is 10.6 Å². The third kappa shape index (κ3) is 9.21. The third-order valence-electron chi connectivity index (χ3n) is 6.91. The lowest BCUT2D eigenvalue weighted by Crippen LogP contribution is -2.62. The highest BCUT2D eigenvalue weighted by Crippen LogP contribution is 2.31. The van der Waals surface area contributed by atoms with Crippen LogP contribution in [0.5, 0.6) is 0 Å². The Morgan fingerprint density at radius 3 is 1.70 bits per heavy atom. The van der Waals surface area contributed by atoms with Crippen LogP contribution in [0, 0.1) is 17.3 Å². The quantitative estimate of drug-likeness (QED) is 0.192. The van der Waals surface area contributed by atoms with E-state index in [0.717, 1.165) is 0 Å². The smallest absolute Gasteiger partial charge is 0.351 e. The molecular formula is C34H41N3O7. The fourth-order valence-corrected chi connectivity index (χ4v) is 4.53. The number of nitrogens with one attached hydrogen (secondary N) is 2. The van der Waals surface area contributed by atoms with E-state index >= 15 is 0 Å². The van der Waals surface area contributed by atoms with Gasteiger partial charge in [-0.25, -0.2) is 14.6 Å². The van der Waals surface area contributed by atoms with Crippen molar-refractivity contribution >= 4 is 29.6 Å². The SMILES string of the molecule is CC(C)C[C@@H](C(=O)NC(C(=O)Nc1ccccn1)C(C)(C)C)C(O)(C(=O)OCc1ccccc1)C(=O)OCc1ccccc1. The summed E-state index contributed by atoms with van der Waals surface area (Å²) in [6.07, 6.45) is 1.42. The zero-order valence-electron chi connectivity index (χ0n) is 25.8. The average molecular weight is 604 g/mol. The molecule has 0 fully saturated rings. The number of pyridine rings is 1. The Labute approximate surface area is 258 Å². The molecule has 10 nitrogen and oxygen atoms in total. The summed E-state index contributed by atoms with van der Waals surface area (Å²) in [6, 6.07) is 21.3. The van der Waals surface area contributed by atoms with Gasteiger partial charge in [-0.15, -0.1) is 0 Å². The summed E-state index contributed by atoms with van der Waals surface area (Å²) >= 11 is 0. The molecule has 1 aromatic heterocycles. The average Bonchev–Trinajstić information content (AvgIpc) is 3.00. The number of hydrogen-bond acceptors (Lipinski definition) is 8. The Hall–Kier alpha value is -4.57. The van der Waals surface area contributed by atoms with Gasteiger partial charge in [0.05, 0.1) is 5.92 Å². The molecule has 44 heavy (non-hydrogen) atoms. The molecule has 1 heterocycles. The standard InChI is InChI=1S/C34H41N3O7/c1-23(2)20-26(29(38)37-28(33(3,4)5)30(39)36-27-18-12-13-19-35-27)34(42,31(40)43-21-24-14-8-6-9-15-24)32(41)44-22-25-16-10-7-11-17-25/h6-19,23,26,28,42H,20-22H2,1-5H3,(H,37,38)(H,35,36,39)/t26-,28?/m0/s1. The van der Waals surface area contributed by atoms with Gasteiger partial charge in [-0.05, 0) is 41.0 Å². The Morgan fingerprint density at radius 1 is 0.773 bits per heavy atom. The molecule has 0 aliphatic heterocycles. The topological polar surface area (TPSA) is 144 Å². The van der Waals surface area contributed by atoms with E-state index in [2.05, 4.69) is 15.6 Å². The van der Waals surface area contributed by atoms with Crippen molar-refractivity contribution in [3.8, 4) is 0 Å². The van der Waals surface area contributed by atoms with Crippen LogP contribution in [0.4, 0.5) is 5.82 Å². The van der Waals surface area contributed by atoms with Crippen LogP contribution in [-0.2, 0) is 41.9 Å². The van der Waals surface area contributed by atoms with E-state index in [1.807, 2.05) is 0 Å². The zero-order chi connectivity index (χ0) is 32.3. The van der Waals surface area contributed by atoms with Gasteiger partial charge in [-0.3, -0.25) is 9.59 Å². The lowest BCUT2D eigenvalue weighted by atomic mass is 9.79. The number of amides is 2. The molecule has 234 valence electrons. The first-order chi connectivity index (χ1) is 20.8. The summed E-state index contributed by atoms with van der Waals surface area (Å²) in [5, 5.41) is 17.3. The highest BCUT2D eigenvalue weighted by atomic mass is 16.6. The van der Waals surface area contributed by atoms with E-state index in [-0.39, 0.29) is 31.4 Å². The maximum atomic E-state index is 14.0. The summed E-state index contributed by atoms with van der Waals surface area (Å²) in [6.45, 7) is 8.31. The van der Waals surface area contributed by atoms with Gasteiger partial charge in [-0.2, -0.15) is 0 Å². The fraction of sp³-hybridized carbons (Fsp3) is 0.382. The van der Waals surface area contributed by atoms with Crippen LogP contribution in [0.15, 0.2) is 85.1 Å². The lowest BCUT2D eigenvalue weighted by Gasteiger charge is -2.35. The molecule has 0 aliphatic carbocycles. The number of nitrogens with zero attached hydrogens (tertiary/aromatic N) is 1. The molecule has 0 bridgehead atoms. The maximum absolute atomic E-state index is 14.0. The van der Waals surface area contributed by atoms with E-state index < -0.39 is 46.7 Å². The molecule has 0 saturated carbocycles. The first-order valence-corrected chi connectivity index (χ1v) is 14.5. The number of ether oxygens (including phenoxy) is 2. The molecule has 3 N–H and O–H groups in total. The second kappa shape index (κ2) is 15.2. The van der Waals surface area contributed by atoms with Gasteiger partial charge in [0.2, 0.25) is 11.8 Å². The number of hydrogen-bond donors (Lipinski definition) is 3. The van der Waals surface area contributed by atoms with E-state index in [0.29, 0.717) is 11.1 Å². The van der Waals surface area contributed by atoms with Crippen LogP contribution in [0.25, 0.3) is 0 Å². The highest BCUT2D eigenvalue weighted by Gasteiger charge is 2.57. The summed E-state index contributed by atoms with van der Waals surface area (Å²) < 4.78 is 10.8. The van der Waals surface area contributed by atoms with Gasteiger partial charge in [0, 0.05) is 6.20 Å². The number of carbonyl (C=O) groups is 4. The van der Waals surface area contributed by atoms with E-state index in [1.165, 1.54) is 6.20 Å². The number of rotatable bonds is 13.